The molecule has 0 spiro atoms. The van der Waals surface area contributed by atoms with E-state index in [4.69, 9.17) is 4.42 Å². The van der Waals surface area contributed by atoms with Crippen LogP contribution < -0.4 is 10.0 Å². The number of carbonyl (C=O) groups is 1. The lowest BCUT2D eigenvalue weighted by molar-refractivity contribution is -0.115. The van der Waals surface area contributed by atoms with Crippen LogP contribution in [-0.2, 0) is 27.7 Å². The molecule has 1 aliphatic heterocycles. The first-order valence-corrected chi connectivity index (χ1v) is 10.2. The fraction of sp³-hybridized carbons (Fsp3) is 0.211. The van der Waals surface area contributed by atoms with Crippen molar-refractivity contribution in [3.63, 3.8) is 0 Å². The summed E-state index contributed by atoms with van der Waals surface area (Å²) in [5.74, 6) is 0.620. The number of anilines is 1. The third-order valence-corrected chi connectivity index (χ3v) is 5.94. The summed E-state index contributed by atoms with van der Waals surface area (Å²) in [5.41, 5.74) is 3.19. The number of benzene rings is 2. The predicted octanol–water partition coefficient (Wildman–Crippen LogP) is 2.06. The molecule has 0 atom stereocenters. The molecule has 28 heavy (non-hydrogen) atoms. The lowest BCUT2D eigenvalue weighted by atomic mass is 10.1. The van der Waals surface area contributed by atoms with Gasteiger partial charge in [-0.1, -0.05) is 18.2 Å². The minimum atomic E-state index is -3.70. The number of hydrogen-bond donors (Lipinski definition) is 2. The molecule has 0 bridgehead atoms. The van der Waals surface area contributed by atoms with Crippen molar-refractivity contribution in [1.29, 1.82) is 0 Å². The largest absolute Gasteiger partial charge is 0.421 e. The van der Waals surface area contributed by atoms with Gasteiger partial charge in [0.25, 0.3) is 0 Å². The summed E-state index contributed by atoms with van der Waals surface area (Å²) in [6.07, 6.45) is 0.450. The Hall–Kier alpha value is -3.04. The third kappa shape index (κ3) is 3.67. The molecule has 0 fully saturated rings. The second-order valence-electron chi connectivity index (χ2n) is 6.51. The number of hydrogen-bond acceptors (Lipinski definition) is 6. The lowest BCUT2D eigenvalue weighted by Crippen LogP contribution is -2.26. The van der Waals surface area contributed by atoms with Gasteiger partial charge in [-0.2, -0.15) is 0 Å². The van der Waals surface area contributed by atoms with Gasteiger partial charge >= 0.3 is 0 Å². The van der Waals surface area contributed by atoms with E-state index in [1.54, 1.807) is 6.07 Å². The number of fused-ring (bicyclic) bond motifs is 1. The van der Waals surface area contributed by atoms with Gasteiger partial charge in [0, 0.05) is 24.2 Å². The molecule has 2 N–H and O–H groups in total. The van der Waals surface area contributed by atoms with E-state index in [1.807, 2.05) is 31.2 Å². The molecule has 144 valence electrons. The maximum Gasteiger partial charge on any atom is 0.247 e. The predicted molar refractivity (Wildman–Crippen MR) is 102 cm³/mol. The summed E-state index contributed by atoms with van der Waals surface area (Å²) < 4.78 is 33.2. The van der Waals surface area contributed by atoms with Crippen LogP contribution in [0.1, 0.15) is 17.0 Å². The Labute approximate surface area is 162 Å². The van der Waals surface area contributed by atoms with Crippen LogP contribution in [-0.4, -0.2) is 31.1 Å². The minimum absolute atomic E-state index is 0.117. The van der Waals surface area contributed by atoms with Gasteiger partial charge in [0.1, 0.15) is 0 Å². The van der Waals surface area contributed by atoms with Crippen LogP contribution >= 0.6 is 0 Å². The highest BCUT2D eigenvalue weighted by Gasteiger charge is 2.22. The normalized spacial score (nSPS) is 13.4. The van der Waals surface area contributed by atoms with Gasteiger partial charge in [-0.25, -0.2) is 13.1 Å². The molecule has 1 amide bonds. The maximum absolute atomic E-state index is 12.5. The number of sulfonamides is 1. The van der Waals surface area contributed by atoms with Crippen molar-refractivity contribution >= 4 is 21.6 Å². The SMILES string of the molecule is Cc1ccccc1-c1nnc(CCNS(=O)(=O)c2ccc3c(c2)CC(=O)N3)o1. The fourth-order valence-electron chi connectivity index (χ4n) is 3.02. The Morgan fingerprint density at radius 1 is 1.18 bits per heavy atom. The first kappa shape index (κ1) is 18.3. The zero-order valence-electron chi connectivity index (χ0n) is 15.1. The van der Waals surface area contributed by atoms with Crippen LogP contribution in [0, 0.1) is 6.92 Å². The van der Waals surface area contributed by atoms with E-state index >= 15 is 0 Å². The Bertz CT molecular complexity index is 1150. The van der Waals surface area contributed by atoms with E-state index < -0.39 is 10.0 Å². The molecule has 4 rings (SSSR count). The highest BCUT2D eigenvalue weighted by Crippen LogP contribution is 2.26. The summed E-state index contributed by atoms with van der Waals surface area (Å²) in [4.78, 5) is 11.5. The topological polar surface area (TPSA) is 114 Å². The summed E-state index contributed by atoms with van der Waals surface area (Å²) in [6, 6.07) is 12.2. The Morgan fingerprint density at radius 3 is 2.82 bits per heavy atom. The Balaban J connectivity index is 1.41. The standard InChI is InChI=1S/C19H18N4O4S/c1-12-4-2-3-5-15(12)19-23-22-18(27-19)8-9-20-28(25,26)14-6-7-16-13(10-14)11-17(24)21-16/h2-7,10,20H,8-9,11H2,1H3,(H,21,24). The van der Waals surface area contributed by atoms with Crippen molar-refractivity contribution in [2.45, 2.75) is 24.7 Å². The van der Waals surface area contributed by atoms with Crippen LogP contribution in [0.4, 0.5) is 5.69 Å². The van der Waals surface area contributed by atoms with Crippen molar-refractivity contribution in [3.8, 4) is 11.5 Å². The first-order valence-electron chi connectivity index (χ1n) is 8.73. The molecule has 9 heteroatoms. The average molecular weight is 398 g/mol. The second-order valence-corrected chi connectivity index (χ2v) is 8.27. The van der Waals surface area contributed by atoms with Crippen LogP contribution in [0.25, 0.3) is 11.5 Å². The minimum Gasteiger partial charge on any atom is -0.421 e. The van der Waals surface area contributed by atoms with Crippen LogP contribution in [0.15, 0.2) is 51.8 Å². The van der Waals surface area contributed by atoms with Crippen LogP contribution in [0.3, 0.4) is 0 Å². The molecule has 8 nitrogen and oxygen atoms in total. The summed E-state index contributed by atoms with van der Waals surface area (Å²) >= 11 is 0. The highest BCUT2D eigenvalue weighted by molar-refractivity contribution is 7.89. The molecule has 0 saturated heterocycles. The van der Waals surface area contributed by atoms with Crippen molar-refractivity contribution < 1.29 is 17.6 Å². The van der Waals surface area contributed by atoms with Gasteiger partial charge in [0.2, 0.25) is 27.7 Å². The van der Waals surface area contributed by atoms with E-state index in [1.165, 1.54) is 12.1 Å². The third-order valence-electron chi connectivity index (χ3n) is 4.49. The number of amides is 1. The zero-order chi connectivity index (χ0) is 19.7. The number of carbonyl (C=O) groups excluding carboxylic acids is 1. The van der Waals surface area contributed by atoms with Crippen molar-refractivity contribution in [2.75, 3.05) is 11.9 Å². The van der Waals surface area contributed by atoms with E-state index in [2.05, 4.69) is 20.2 Å². The zero-order valence-corrected chi connectivity index (χ0v) is 15.9. The average Bonchev–Trinajstić information content (AvgIpc) is 3.26. The van der Waals surface area contributed by atoms with E-state index in [0.29, 0.717) is 23.0 Å². The molecular formula is C19H18N4O4S. The molecule has 3 aromatic rings. The highest BCUT2D eigenvalue weighted by atomic mass is 32.2. The molecule has 0 aliphatic carbocycles. The molecule has 1 aromatic heterocycles. The number of nitrogens with zero attached hydrogens (tertiary/aromatic N) is 2. The monoisotopic (exact) mass is 398 g/mol. The second kappa shape index (κ2) is 7.17. The van der Waals surface area contributed by atoms with Crippen molar-refractivity contribution in [1.82, 2.24) is 14.9 Å². The molecule has 2 aromatic carbocycles. The molecule has 1 aliphatic rings. The van der Waals surface area contributed by atoms with E-state index in [9.17, 15) is 13.2 Å². The molecule has 0 saturated carbocycles. The first-order chi connectivity index (χ1) is 13.4. The number of rotatable bonds is 6. The van der Waals surface area contributed by atoms with Crippen molar-refractivity contribution in [2.24, 2.45) is 0 Å². The number of aryl methyl sites for hydroxylation is 1. The van der Waals surface area contributed by atoms with Crippen LogP contribution in [0.2, 0.25) is 0 Å². The summed E-state index contributed by atoms with van der Waals surface area (Å²) in [5, 5.41) is 10.7. The quantitative estimate of drug-likeness (QED) is 0.657. The number of aromatic nitrogens is 2. The van der Waals surface area contributed by atoms with E-state index in [0.717, 1.165) is 11.1 Å². The van der Waals surface area contributed by atoms with Gasteiger partial charge in [-0.05, 0) is 42.3 Å². The Morgan fingerprint density at radius 2 is 2.00 bits per heavy atom. The lowest BCUT2D eigenvalue weighted by Gasteiger charge is -2.07. The molecule has 0 unspecified atom stereocenters. The van der Waals surface area contributed by atoms with Gasteiger partial charge < -0.3 is 9.73 Å². The van der Waals surface area contributed by atoms with E-state index in [-0.39, 0.29) is 30.2 Å². The van der Waals surface area contributed by atoms with Gasteiger partial charge in [0.05, 0.1) is 11.3 Å². The van der Waals surface area contributed by atoms with Gasteiger partial charge in [0.15, 0.2) is 0 Å². The molecule has 0 radical (unpaired) electrons. The molecule has 2 heterocycles. The van der Waals surface area contributed by atoms with Gasteiger partial charge in [-0.3, -0.25) is 4.79 Å². The fourth-order valence-corrected chi connectivity index (χ4v) is 4.11. The van der Waals surface area contributed by atoms with Gasteiger partial charge in [-0.15, -0.1) is 10.2 Å². The molecular weight excluding hydrogens is 380 g/mol. The van der Waals surface area contributed by atoms with Crippen molar-refractivity contribution in [3.05, 3.63) is 59.5 Å². The summed E-state index contributed by atoms with van der Waals surface area (Å²) in [7, 11) is -3.70. The Kier molecular flexibility index (Phi) is 4.70. The number of nitrogens with one attached hydrogen (secondary N) is 2. The summed E-state index contributed by atoms with van der Waals surface area (Å²) in [6.45, 7) is 2.07. The maximum atomic E-state index is 12.5. The van der Waals surface area contributed by atoms with Crippen LogP contribution in [0.5, 0.6) is 0 Å². The smallest absolute Gasteiger partial charge is 0.247 e.